The Morgan fingerprint density at radius 3 is 1.57 bits per heavy atom. The molecule has 230 valence electrons. The van der Waals surface area contributed by atoms with Crippen LogP contribution in [-0.2, 0) is 6.42 Å². The largest absolute Gasteiger partial charge is 0.508 e. The quantitative estimate of drug-likeness (QED) is 0.149. The molecule has 2 aliphatic heterocycles. The Balaban J connectivity index is 1.48. The molecule has 0 fully saturated rings. The van der Waals surface area contributed by atoms with E-state index in [-0.39, 0.29) is 45.7 Å². The van der Waals surface area contributed by atoms with E-state index < -0.39 is 87.8 Å². The summed E-state index contributed by atoms with van der Waals surface area (Å²) in [6.45, 7) is 0. The molecule has 2 heterocycles. The Morgan fingerprint density at radius 1 is 0.500 bits per heavy atom. The predicted molar refractivity (Wildman–Crippen MR) is 147 cm³/mol. The maximum absolute atomic E-state index is 11.6. The van der Waals surface area contributed by atoms with Gasteiger partial charge in [0.25, 0.3) is 0 Å². The van der Waals surface area contributed by atoms with Crippen LogP contribution in [0.3, 0.4) is 0 Å². The van der Waals surface area contributed by atoms with Crippen LogP contribution in [0.15, 0.2) is 42.5 Å². The third kappa shape index (κ3) is 4.35. The van der Waals surface area contributed by atoms with Crippen molar-refractivity contribution in [3.63, 3.8) is 0 Å². The molecule has 4 aromatic carbocycles. The molecule has 0 radical (unpaired) electrons. The van der Waals surface area contributed by atoms with Gasteiger partial charge < -0.3 is 70.8 Å². The smallest absolute Gasteiger partial charge is 0.200 e. The Labute approximate surface area is 247 Å². The van der Waals surface area contributed by atoms with Gasteiger partial charge >= 0.3 is 0 Å². The molecule has 0 aliphatic carbocycles. The van der Waals surface area contributed by atoms with E-state index in [1.807, 2.05) is 0 Å². The second-order valence-electron chi connectivity index (χ2n) is 10.6. The zero-order valence-corrected chi connectivity index (χ0v) is 22.3. The third-order valence-corrected chi connectivity index (χ3v) is 7.87. The predicted octanol–water partition coefficient (Wildman–Crippen LogP) is 2.41. The topological polar surface area (TPSA) is 261 Å². The summed E-state index contributed by atoms with van der Waals surface area (Å²) in [5.74, 6) is -8.47. The normalized spacial score (nSPS) is 22.4. The van der Waals surface area contributed by atoms with Crippen LogP contribution in [0.5, 0.6) is 69.0 Å². The monoisotopic (exact) mass is 610 g/mol. The van der Waals surface area contributed by atoms with Crippen LogP contribution >= 0.6 is 0 Å². The highest BCUT2D eigenvalue weighted by atomic mass is 16.5. The van der Waals surface area contributed by atoms with Gasteiger partial charge in [0.1, 0.15) is 40.6 Å². The van der Waals surface area contributed by atoms with E-state index in [4.69, 9.17) is 9.47 Å². The minimum atomic E-state index is -1.75. The molecule has 0 saturated heterocycles. The summed E-state index contributed by atoms with van der Waals surface area (Å²) in [6, 6.07) is 7.28. The molecular weight excluding hydrogens is 584 g/mol. The Kier molecular flexibility index (Phi) is 6.48. The average Bonchev–Trinajstić information content (AvgIpc) is 2.95. The van der Waals surface area contributed by atoms with Gasteiger partial charge in [0.2, 0.25) is 0 Å². The molecule has 2 aliphatic rings. The van der Waals surface area contributed by atoms with Crippen LogP contribution in [0.4, 0.5) is 0 Å². The standard InChI is InChI=1S/C30H26O14/c31-11-5-13(32)22-21(6-11)44-30(10-3-17(36)27(41)18(37)4-10)28(42)24(22)23-14(33)8-20-12(25(23)39)7-19(38)29(43-20)9-1-15(34)26(40)16(35)2-9/h1-6,8,19,24,28-42H,7H2/t19-,24+,28+,29-,30-/m1/s1. The van der Waals surface area contributed by atoms with Gasteiger partial charge in [0, 0.05) is 52.4 Å². The number of hydrogen-bond acceptors (Lipinski definition) is 14. The number of phenolic OH excluding ortho intramolecular Hbond substituents is 10. The number of hydrogen-bond donors (Lipinski definition) is 12. The molecule has 14 nitrogen and oxygen atoms in total. The van der Waals surface area contributed by atoms with E-state index in [1.54, 1.807) is 0 Å². The van der Waals surface area contributed by atoms with Crippen LogP contribution in [0.2, 0.25) is 0 Å². The number of phenols is 10. The van der Waals surface area contributed by atoms with Gasteiger partial charge in [-0.05, 0) is 24.3 Å². The summed E-state index contributed by atoms with van der Waals surface area (Å²) in [4.78, 5) is 0. The zero-order valence-electron chi connectivity index (χ0n) is 22.3. The van der Waals surface area contributed by atoms with Crippen LogP contribution in [0.25, 0.3) is 0 Å². The van der Waals surface area contributed by atoms with Crippen LogP contribution in [0, 0.1) is 0 Å². The van der Waals surface area contributed by atoms with Crippen molar-refractivity contribution in [3.8, 4) is 69.0 Å². The number of fused-ring (bicyclic) bond motifs is 2. The lowest BCUT2D eigenvalue weighted by Gasteiger charge is -2.39. The van der Waals surface area contributed by atoms with Gasteiger partial charge in [0.05, 0.1) is 12.0 Å². The molecule has 0 unspecified atom stereocenters. The number of aliphatic hydroxyl groups is 2. The van der Waals surface area contributed by atoms with E-state index in [1.165, 1.54) is 0 Å². The summed E-state index contributed by atoms with van der Waals surface area (Å²) < 4.78 is 11.7. The lowest BCUT2D eigenvalue weighted by Crippen LogP contribution is -2.35. The molecule has 12 N–H and O–H groups in total. The molecule has 4 aromatic rings. The molecule has 5 atom stereocenters. The molecule has 6 rings (SSSR count). The van der Waals surface area contributed by atoms with Crippen LogP contribution in [-0.4, -0.2) is 73.5 Å². The van der Waals surface area contributed by atoms with Crippen molar-refractivity contribution in [1.29, 1.82) is 0 Å². The van der Waals surface area contributed by atoms with E-state index in [0.29, 0.717) is 0 Å². The minimum absolute atomic E-state index is 0.0104. The highest BCUT2D eigenvalue weighted by molar-refractivity contribution is 5.66. The third-order valence-electron chi connectivity index (χ3n) is 7.87. The van der Waals surface area contributed by atoms with Crippen molar-refractivity contribution in [2.45, 2.75) is 36.8 Å². The fraction of sp³-hybridized carbons (Fsp3) is 0.200. The molecule has 0 saturated carbocycles. The maximum Gasteiger partial charge on any atom is 0.200 e. The second-order valence-corrected chi connectivity index (χ2v) is 10.6. The van der Waals surface area contributed by atoms with Gasteiger partial charge in [-0.15, -0.1) is 0 Å². The number of ether oxygens (including phenoxy) is 2. The van der Waals surface area contributed by atoms with Crippen LogP contribution in [0.1, 0.15) is 45.9 Å². The Hall–Kier alpha value is -5.60. The lowest BCUT2D eigenvalue weighted by atomic mass is 9.77. The zero-order chi connectivity index (χ0) is 31.8. The van der Waals surface area contributed by atoms with Crippen LogP contribution < -0.4 is 9.47 Å². The molecule has 0 bridgehead atoms. The average molecular weight is 611 g/mol. The van der Waals surface area contributed by atoms with Gasteiger partial charge in [-0.25, -0.2) is 0 Å². The number of rotatable bonds is 3. The van der Waals surface area contributed by atoms with E-state index in [9.17, 15) is 61.3 Å². The highest BCUT2D eigenvalue weighted by Crippen LogP contribution is 2.57. The van der Waals surface area contributed by atoms with Crippen molar-refractivity contribution < 1.29 is 70.8 Å². The lowest BCUT2D eigenvalue weighted by molar-refractivity contribution is 0.00563. The fourth-order valence-electron chi connectivity index (χ4n) is 5.84. The van der Waals surface area contributed by atoms with Crippen molar-refractivity contribution in [2.75, 3.05) is 0 Å². The molecule has 14 heteroatoms. The van der Waals surface area contributed by atoms with Crippen molar-refractivity contribution >= 4 is 0 Å². The van der Waals surface area contributed by atoms with Crippen molar-refractivity contribution in [3.05, 3.63) is 70.3 Å². The summed E-state index contributed by atoms with van der Waals surface area (Å²) in [6.07, 6.45) is -6.10. The summed E-state index contributed by atoms with van der Waals surface area (Å²) in [5.41, 5.74) is -0.463. The SMILES string of the molecule is Oc1cc(O)c2c(c1)O[C@H](c1cc(O)c(O)c(O)c1)[C@@H](O)[C@@H]2c1c(O)cc2c(c1O)C[C@@H](O)[C@@H](c1cc(O)c(O)c(O)c1)O2. The van der Waals surface area contributed by atoms with Gasteiger partial charge in [-0.3, -0.25) is 0 Å². The van der Waals surface area contributed by atoms with Crippen molar-refractivity contribution in [1.82, 2.24) is 0 Å². The second kappa shape index (κ2) is 10.00. The molecular formula is C30H26O14. The maximum atomic E-state index is 11.6. The Morgan fingerprint density at radius 2 is 1.00 bits per heavy atom. The van der Waals surface area contributed by atoms with Gasteiger partial charge in [-0.2, -0.15) is 0 Å². The van der Waals surface area contributed by atoms with Gasteiger partial charge in [0.15, 0.2) is 46.7 Å². The molecule has 0 spiro atoms. The molecule has 0 aromatic heterocycles. The summed E-state index contributed by atoms with van der Waals surface area (Å²) in [5, 5.41) is 126. The van der Waals surface area contributed by atoms with Crippen molar-refractivity contribution in [2.24, 2.45) is 0 Å². The van der Waals surface area contributed by atoms with E-state index in [2.05, 4.69) is 0 Å². The highest BCUT2D eigenvalue weighted by Gasteiger charge is 2.45. The Bertz CT molecular complexity index is 1770. The molecule has 0 amide bonds. The number of benzene rings is 4. The van der Waals surface area contributed by atoms with E-state index in [0.717, 1.165) is 42.5 Å². The minimum Gasteiger partial charge on any atom is -0.508 e. The number of aromatic hydroxyl groups is 10. The first kappa shape index (κ1) is 28.5. The fourth-order valence-corrected chi connectivity index (χ4v) is 5.84. The number of aliphatic hydroxyl groups excluding tert-OH is 2. The summed E-state index contributed by atoms with van der Waals surface area (Å²) >= 11 is 0. The molecule has 44 heavy (non-hydrogen) atoms. The first-order chi connectivity index (χ1) is 20.8. The first-order valence-electron chi connectivity index (χ1n) is 13.1. The first-order valence-corrected chi connectivity index (χ1v) is 13.1. The van der Waals surface area contributed by atoms with Gasteiger partial charge in [-0.1, -0.05) is 0 Å². The summed E-state index contributed by atoms with van der Waals surface area (Å²) in [7, 11) is 0. The van der Waals surface area contributed by atoms with E-state index >= 15 is 0 Å².